The van der Waals surface area contributed by atoms with Crippen LogP contribution in [-0.2, 0) is 0 Å². The molecular weight excluding hydrogens is 232 g/mol. The first-order valence-corrected chi connectivity index (χ1v) is 8.50. The summed E-state index contributed by atoms with van der Waals surface area (Å²) < 4.78 is 0. The smallest absolute Gasteiger partial charge is 0.0252 e. The summed E-state index contributed by atoms with van der Waals surface area (Å²) in [5.74, 6) is 3.54. The van der Waals surface area contributed by atoms with Gasteiger partial charge in [0.25, 0.3) is 0 Å². The molecule has 1 N–H and O–H groups in total. The fourth-order valence-electron chi connectivity index (χ4n) is 4.13. The summed E-state index contributed by atoms with van der Waals surface area (Å²) in [7, 11) is 0. The van der Waals surface area contributed by atoms with E-state index in [-0.39, 0.29) is 0 Å². The molecule has 2 fully saturated rings. The zero-order valence-electron chi connectivity index (χ0n) is 13.7. The summed E-state index contributed by atoms with van der Waals surface area (Å²) in [6, 6.07) is 1.52. The average Bonchev–Trinajstić information content (AvgIpc) is 2.70. The summed E-state index contributed by atoms with van der Waals surface area (Å²) in [5, 5.41) is 3.76. The molecule has 2 rings (SSSR count). The Morgan fingerprint density at radius 1 is 1.11 bits per heavy atom. The summed E-state index contributed by atoms with van der Waals surface area (Å²) >= 11 is 0. The number of rotatable bonds is 4. The zero-order chi connectivity index (χ0) is 14.0. The minimum absolute atomic E-state index is 0.734. The highest BCUT2D eigenvalue weighted by molar-refractivity contribution is 4.95. The zero-order valence-corrected chi connectivity index (χ0v) is 13.7. The molecule has 0 aromatic rings. The third-order valence-corrected chi connectivity index (χ3v) is 5.75. The molecule has 1 aliphatic heterocycles. The SMILES string of the molecule is CCNC1CCC(C(C)C)CC1N1CC(C)C(C)C1. The molecule has 5 atom stereocenters. The Kier molecular flexibility index (Phi) is 5.30. The minimum atomic E-state index is 0.734. The average molecular weight is 266 g/mol. The van der Waals surface area contributed by atoms with Crippen LogP contribution >= 0.6 is 0 Å². The second-order valence-electron chi connectivity index (χ2n) is 7.46. The molecule has 1 saturated carbocycles. The first kappa shape index (κ1) is 15.3. The number of nitrogens with one attached hydrogen (secondary N) is 1. The van der Waals surface area contributed by atoms with Crippen molar-refractivity contribution in [2.24, 2.45) is 23.7 Å². The van der Waals surface area contributed by atoms with Gasteiger partial charge in [0.2, 0.25) is 0 Å². The molecule has 2 aliphatic rings. The predicted octanol–water partition coefficient (Wildman–Crippen LogP) is 3.38. The van der Waals surface area contributed by atoms with Crippen molar-refractivity contribution in [3.05, 3.63) is 0 Å². The maximum atomic E-state index is 3.76. The van der Waals surface area contributed by atoms with Crippen LogP contribution in [-0.4, -0.2) is 36.6 Å². The minimum Gasteiger partial charge on any atom is -0.313 e. The van der Waals surface area contributed by atoms with Gasteiger partial charge in [-0.3, -0.25) is 4.90 Å². The molecule has 0 aromatic heterocycles. The quantitative estimate of drug-likeness (QED) is 0.839. The van der Waals surface area contributed by atoms with E-state index in [2.05, 4.69) is 44.8 Å². The molecule has 0 aromatic carbocycles. The molecule has 19 heavy (non-hydrogen) atoms. The Bertz CT molecular complexity index is 266. The van der Waals surface area contributed by atoms with Gasteiger partial charge in [-0.15, -0.1) is 0 Å². The van der Waals surface area contributed by atoms with Gasteiger partial charge in [0, 0.05) is 25.2 Å². The van der Waals surface area contributed by atoms with Crippen molar-refractivity contribution in [3.8, 4) is 0 Å². The standard InChI is InChI=1S/C17H34N2/c1-6-18-16-8-7-15(12(2)3)9-17(16)19-10-13(4)14(5)11-19/h12-18H,6-11H2,1-5H3. The maximum absolute atomic E-state index is 3.76. The second kappa shape index (κ2) is 6.58. The summed E-state index contributed by atoms with van der Waals surface area (Å²) in [5.41, 5.74) is 0. The molecular formula is C17H34N2. The molecule has 5 unspecified atom stereocenters. The van der Waals surface area contributed by atoms with E-state index in [4.69, 9.17) is 0 Å². The van der Waals surface area contributed by atoms with Crippen LogP contribution in [0.2, 0.25) is 0 Å². The van der Waals surface area contributed by atoms with Crippen molar-refractivity contribution >= 4 is 0 Å². The molecule has 112 valence electrons. The Balaban J connectivity index is 2.03. The highest BCUT2D eigenvalue weighted by Crippen LogP contribution is 2.36. The van der Waals surface area contributed by atoms with Crippen LogP contribution < -0.4 is 5.32 Å². The van der Waals surface area contributed by atoms with E-state index in [1.807, 2.05) is 0 Å². The van der Waals surface area contributed by atoms with E-state index < -0.39 is 0 Å². The van der Waals surface area contributed by atoms with Gasteiger partial charge < -0.3 is 5.32 Å². The topological polar surface area (TPSA) is 15.3 Å². The fourth-order valence-corrected chi connectivity index (χ4v) is 4.13. The lowest BCUT2D eigenvalue weighted by Crippen LogP contribution is -2.53. The number of nitrogens with zero attached hydrogens (tertiary/aromatic N) is 1. The molecule has 2 heteroatoms. The van der Waals surface area contributed by atoms with E-state index in [0.717, 1.165) is 42.3 Å². The van der Waals surface area contributed by atoms with Gasteiger partial charge in [-0.1, -0.05) is 34.6 Å². The largest absolute Gasteiger partial charge is 0.313 e. The summed E-state index contributed by atoms with van der Waals surface area (Å²) in [6.45, 7) is 15.7. The molecule has 0 radical (unpaired) electrons. The molecule has 1 aliphatic carbocycles. The van der Waals surface area contributed by atoms with E-state index >= 15 is 0 Å². The van der Waals surface area contributed by atoms with Crippen molar-refractivity contribution in [2.45, 2.75) is 66.0 Å². The van der Waals surface area contributed by atoms with Crippen LogP contribution in [0.4, 0.5) is 0 Å². The lowest BCUT2D eigenvalue weighted by molar-refractivity contribution is 0.0979. The number of likely N-dealkylation sites (tertiary alicyclic amines) is 1. The molecule has 1 heterocycles. The molecule has 0 amide bonds. The van der Waals surface area contributed by atoms with E-state index in [0.29, 0.717) is 0 Å². The van der Waals surface area contributed by atoms with E-state index in [1.54, 1.807) is 0 Å². The van der Waals surface area contributed by atoms with Crippen molar-refractivity contribution in [1.29, 1.82) is 0 Å². The van der Waals surface area contributed by atoms with Crippen LogP contribution in [0.5, 0.6) is 0 Å². The Morgan fingerprint density at radius 3 is 2.26 bits per heavy atom. The third-order valence-electron chi connectivity index (χ3n) is 5.75. The van der Waals surface area contributed by atoms with Gasteiger partial charge in [0.15, 0.2) is 0 Å². The normalized spacial score (nSPS) is 41.1. The van der Waals surface area contributed by atoms with E-state index in [1.165, 1.54) is 32.4 Å². The van der Waals surface area contributed by atoms with Crippen LogP contribution in [0.15, 0.2) is 0 Å². The monoisotopic (exact) mass is 266 g/mol. The Labute approximate surface area is 120 Å². The van der Waals surface area contributed by atoms with Crippen LogP contribution in [0, 0.1) is 23.7 Å². The second-order valence-corrected chi connectivity index (χ2v) is 7.46. The van der Waals surface area contributed by atoms with Crippen molar-refractivity contribution in [3.63, 3.8) is 0 Å². The lowest BCUT2D eigenvalue weighted by atomic mass is 9.76. The highest BCUT2D eigenvalue weighted by Gasteiger charge is 2.38. The van der Waals surface area contributed by atoms with Gasteiger partial charge in [-0.2, -0.15) is 0 Å². The summed E-state index contributed by atoms with van der Waals surface area (Å²) in [4.78, 5) is 2.80. The predicted molar refractivity (Wildman–Crippen MR) is 83.3 cm³/mol. The third kappa shape index (κ3) is 3.52. The Hall–Kier alpha value is -0.0800. The molecule has 0 spiro atoms. The first-order valence-electron chi connectivity index (χ1n) is 8.50. The number of hydrogen-bond acceptors (Lipinski definition) is 2. The molecule has 1 saturated heterocycles. The van der Waals surface area contributed by atoms with Gasteiger partial charge in [-0.05, 0) is 49.5 Å². The lowest BCUT2D eigenvalue weighted by Gasteiger charge is -2.43. The van der Waals surface area contributed by atoms with Crippen molar-refractivity contribution < 1.29 is 0 Å². The number of likely N-dealkylation sites (N-methyl/N-ethyl adjacent to an activating group) is 1. The van der Waals surface area contributed by atoms with Gasteiger partial charge in [0.1, 0.15) is 0 Å². The van der Waals surface area contributed by atoms with Gasteiger partial charge in [-0.25, -0.2) is 0 Å². The van der Waals surface area contributed by atoms with Crippen LogP contribution in [0.25, 0.3) is 0 Å². The Morgan fingerprint density at radius 2 is 1.74 bits per heavy atom. The van der Waals surface area contributed by atoms with Crippen LogP contribution in [0.3, 0.4) is 0 Å². The first-order chi connectivity index (χ1) is 9.02. The van der Waals surface area contributed by atoms with Gasteiger partial charge in [0.05, 0.1) is 0 Å². The summed E-state index contributed by atoms with van der Waals surface area (Å²) in [6.07, 6.45) is 4.21. The number of hydrogen-bond donors (Lipinski definition) is 1. The fraction of sp³-hybridized carbons (Fsp3) is 1.00. The van der Waals surface area contributed by atoms with Crippen LogP contribution in [0.1, 0.15) is 53.9 Å². The highest BCUT2D eigenvalue weighted by atomic mass is 15.2. The van der Waals surface area contributed by atoms with E-state index in [9.17, 15) is 0 Å². The maximum Gasteiger partial charge on any atom is 0.0252 e. The van der Waals surface area contributed by atoms with Crippen molar-refractivity contribution in [2.75, 3.05) is 19.6 Å². The molecule has 0 bridgehead atoms. The van der Waals surface area contributed by atoms with Crippen molar-refractivity contribution in [1.82, 2.24) is 10.2 Å². The van der Waals surface area contributed by atoms with Gasteiger partial charge >= 0.3 is 0 Å². The molecule has 2 nitrogen and oxygen atoms in total.